The van der Waals surface area contributed by atoms with E-state index in [0.29, 0.717) is 11.8 Å². The van der Waals surface area contributed by atoms with Crippen LogP contribution in [0.25, 0.3) is 11.2 Å². The minimum absolute atomic E-state index is 0.311. The first-order valence-corrected chi connectivity index (χ1v) is 8.63. The second-order valence-corrected chi connectivity index (χ2v) is 6.38. The van der Waals surface area contributed by atoms with Crippen molar-refractivity contribution in [3.63, 3.8) is 0 Å². The molecule has 0 saturated carbocycles. The smallest absolute Gasteiger partial charge is 0.231 e. The summed E-state index contributed by atoms with van der Waals surface area (Å²) < 4.78 is 8.89. The number of anilines is 1. The highest BCUT2D eigenvalue weighted by Gasteiger charge is 2.26. The van der Waals surface area contributed by atoms with Gasteiger partial charge in [0.25, 0.3) is 0 Å². The molecule has 0 N–H and O–H groups in total. The van der Waals surface area contributed by atoms with Gasteiger partial charge >= 0.3 is 0 Å². The van der Waals surface area contributed by atoms with Crippen LogP contribution in [0.1, 0.15) is 24.6 Å². The summed E-state index contributed by atoms with van der Waals surface area (Å²) >= 11 is 0. The molecule has 1 fully saturated rings. The number of hydrogen-bond donors (Lipinski definition) is 0. The molecule has 132 valence electrons. The predicted molar refractivity (Wildman–Crippen MR) is 94.5 cm³/mol. The minimum atomic E-state index is 0.311. The summed E-state index contributed by atoms with van der Waals surface area (Å²) in [7, 11) is 1.61. The normalized spacial score (nSPS) is 15.8. The van der Waals surface area contributed by atoms with Gasteiger partial charge in [0.05, 0.1) is 13.3 Å². The molecule has 26 heavy (non-hydrogen) atoms. The van der Waals surface area contributed by atoms with Crippen LogP contribution in [0.4, 0.5) is 5.82 Å². The molecule has 5 rings (SSSR count). The molecule has 0 amide bonds. The molecule has 0 unspecified atom stereocenters. The monoisotopic (exact) mass is 350 g/mol. The van der Waals surface area contributed by atoms with Gasteiger partial charge in [-0.1, -0.05) is 0 Å². The Morgan fingerprint density at radius 2 is 1.96 bits per heavy atom. The van der Waals surface area contributed by atoms with E-state index in [-0.39, 0.29) is 0 Å². The first-order chi connectivity index (χ1) is 12.8. The highest BCUT2D eigenvalue weighted by atomic mass is 16.5. The molecule has 0 spiro atoms. The summed E-state index contributed by atoms with van der Waals surface area (Å²) in [5, 5.41) is 17.4. The Bertz CT molecular complexity index is 1060. The van der Waals surface area contributed by atoms with E-state index in [1.807, 2.05) is 22.8 Å². The molecule has 0 atom stereocenters. The van der Waals surface area contributed by atoms with Crippen LogP contribution < -0.4 is 9.64 Å². The summed E-state index contributed by atoms with van der Waals surface area (Å²) in [6.07, 6.45) is 7.40. The van der Waals surface area contributed by atoms with Crippen molar-refractivity contribution in [2.24, 2.45) is 0 Å². The van der Waals surface area contributed by atoms with Crippen molar-refractivity contribution in [3.05, 3.63) is 42.6 Å². The van der Waals surface area contributed by atoms with Gasteiger partial charge < -0.3 is 9.64 Å². The zero-order chi connectivity index (χ0) is 17.5. The summed E-state index contributed by atoms with van der Waals surface area (Å²) in [4.78, 5) is 6.88. The van der Waals surface area contributed by atoms with E-state index in [2.05, 4.69) is 30.3 Å². The largest absolute Gasteiger partial charge is 0.480 e. The van der Waals surface area contributed by atoms with E-state index in [4.69, 9.17) is 4.74 Å². The topological polar surface area (TPSA) is 85.7 Å². The number of ether oxygens (including phenoxy) is 1. The van der Waals surface area contributed by atoms with Crippen LogP contribution in [0.3, 0.4) is 0 Å². The number of methoxy groups -OCH3 is 1. The van der Waals surface area contributed by atoms with Gasteiger partial charge in [0.1, 0.15) is 5.52 Å². The molecule has 1 saturated heterocycles. The van der Waals surface area contributed by atoms with Gasteiger partial charge in [-0.05, 0) is 25.0 Å². The number of nitrogens with zero attached hydrogens (tertiary/aromatic N) is 8. The fourth-order valence-electron chi connectivity index (χ4n) is 3.59. The van der Waals surface area contributed by atoms with Crippen LogP contribution >= 0.6 is 0 Å². The Morgan fingerprint density at radius 1 is 1.08 bits per heavy atom. The predicted octanol–water partition coefficient (Wildman–Crippen LogP) is 1.56. The lowest BCUT2D eigenvalue weighted by Crippen LogP contribution is -2.34. The van der Waals surface area contributed by atoms with Gasteiger partial charge in [-0.25, -0.2) is 9.50 Å². The zero-order valence-corrected chi connectivity index (χ0v) is 14.4. The van der Waals surface area contributed by atoms with Crippen molar-refractivity contribution in [1.82, 2.24) is 34.4 Å². The maximum atomic E-state index is 5.23. The van der Waals surface area contributed by atoms with Crippen molar-refractivity contribution in [3.8, 4) is 5.88 Å². The summed E-state index contributed by atoms with van der Waals surface area (Å²) in [6, 6.07) is 5.67. The number of aromatic nitrogens is 7. The van der Waals surface area contributed by atoms with E-state index in [1.165, 1.54) is 0 Å². The molecule has 0 bridgehead atoms. The zero-order valence-electron chi connectivity index (χ0n) is 14.4. The van der Waals surface area contributed by atoms with E-state index >= 15 is 0 Å². The third kappa shape index (κ3) is 2.35. The third-order valence-corrected chi connectivity index (χ3v) is 4.94. The van der Waals surface area contributed by atoms with Crippen molar-refractivity contribution >= 4 is 17.0 Å². The van der Waals surface area contributed by atoms with E-state index < -0.39 is 0 Å². The first-order valence-electron chi connectivity index (χ1n) is 8.63. The standard InChI is InChI=1S/C17H18N8O/c1-26-15-3-2-14-20-21-16(25(14)22-15)12-5-9-23(10-6-12)17-13-4-7-19-24(13)11-8-18-17/h2-4,7-8,11-12H,5-6,9-10H2,1H3. The van der Waals surface area contributed by atoms with Crippen LogP contribution in [0, 0.1) is 0 Å². The van der Waals surface area contributed by atoms with Gasteiger partial charge in [0.2, 0.25) is 5.88 Å². The quantitative estimate of drug-likeness (QED) is 0.554. The minimum Gasteiger partial charge on any atom is -0.480 e. The lowest BCUT2D eigenvalue weighted by Gasteiger charge is -2.32. The average Bonchev–Trinajstić information content (AvgIpc) is 3.34. The highest BCUT2D eigenvalue weighted by Crippen LogP contribution is 2.30. The van der Waals surface area contributed by atoms with Crippen molar-refractivity contribution in [2.45, 2.75) is 18.8 Å². The second kappa shape index (κ2) is 5.94. The molecule has 1 aliphatic heterocycles. The van der Waals surface area contributed by atoms with Crippen LogP contribution in [-0.2, 0) is 0 Å². The van der Waals surface area contributed by atoms with Gasteiger partial charge in [0.15, 0.2) is 17.3 Å². The molecule has 0 aromatic carbocycles. The van der Waals surface area contributed by atoms with Gasteiger partial charge in [-0.15, -0.1) is 15.3 Å². The fraction of sp³-hybridized carbons (Fsp3) is 0.353. The second-order valence-electron chi connectivity index (χ2n) is 6.38. The van der Waals surface area contributed by atoms with Crippen LogP contribution in [0.5, 0.6) is 5.88 Å². The Labute approximate surface area is 149 Å². The summed E-state index contributed by atoms with van der Waals surface area (Å²) in [5.41, 5.74) is 1.78. The maximum absolute atomic E-state index is 5.23. The summed E-state index contributed by atoms with van der Waals surface area (Å²) in [5.74, 6) is 2.75. The number of rotatable bonds is 3. The molecule has 4 aromatic heterocycles. The van der Waals surface area contributed by atoms with Crippen LogP contribution in [0.2, 0.25) is 0 Å². The summed E-state index contributed by atoms with van der Waals surface area (Å²) in [6.45, 7) is 1.81. The molecular weight excluding hydrogens is 332 g/mol. The van der Waals surface area contributed by atoms with E-state index in [9.17, 15) is 0 Å². The van der Waals surface area contributed by atoms with Crippen molar-refractivity contribution < 1.29 is 4.74 Å². The van der Waals surface area contributed by atoms with Gasteiger partial charge in [-0.2, -0.15) is 9.61 Å². The molecule has 1 aliphatic rings. The Kier molecular flexibility index (Phi) is 3.44. The first kappa shape index (κ1) is 15.1. The maximum Gasteiger partial charge on any atom is 0.231 e. The van der Waals surface area contributed by atoms with Gasteiger partial charge in [0, 0.05) is 37.5 Å². The van der Waals surface area contributed by atoms with Crippen LogP contribution in [0.15, 0.2) is 36.8 Å². The molecule has 0 radical (unpaired) electrons. The number of fused-ring (bicyclic) bond motifs is 2. The molecular formula is C17H18N8O. The molecule has 9 nitrogen and oxygen atoms in total. The average molecular weight is 350 g/mol. The number of piperidine rings is 1. The Hall–Kier alpha value is -3.23. The molecule has 4 aromatic rings. The van der Waals surface area contributed by atoms with E-state index in [0.717, 1.165) is 48.7 Å². The molecule has 0 aliphatic carbocycles. The van der Waals surface area contributed by atoms with Crippen molar-refractivity contribution in [1.29, 1.82) is 0 Å². The Morgan fingerprint density at radius 3 is 2.81 bits per heavy atom. The lowest BCUT2D eigenvalue weighted by molar-refractivity contribution is 0.387. The molecule has 5 heterocycles. The Balaban J connectivity index is 1.40. The number of hydrogen-bond acceptors (Lipinski definition) is 7. The molecule has 9 heteroatoms. The van der Waals surface area contributed by atoms with Crippen molar-refractivity contribution in [2.75, 3.05) is 25.1 Å². The fourth-order valence-corrected chi connectivity index (χ4v) is 3.59. The lowest BCUT2D eigenvalue weighted by atomic mass is 9.96. The third-order valence-electron chi connectivity index (χ3n) is 4.94. The highest BCUT2D eigenvalue weighted by molar-refractivity contribution is 5.68. The SMILES string of the molecule is COc1ccc2nnc(C3CCN(c4nccn5nccc45)CC3)n2n1. The van der Waals surface area contributed by atoms with Crippen LogP contribution in [-0.4, -0.2) is 54.6 Å². The van der Waals surface area contributed by atoms with E-state index in [1.54, 1.807) is 30.1 Å². The van der Waals surface area contributed by atoms with Gasteiger partial charge in [-0.3, -0.25) is 0 Å².